The number of benzene rings is 1. The number of allylic oxidation sites excluding steroid dienone is 4. The van der Waals surface area contributed by atoms with Crippen LogP contribution in [0.4, 0.5) is 0 Å². The van der Waals surface area contributed by atoms with Gasteiger partial charge in [0.05, 0.1) is 0 Å². The van der Waals surface area contributed by atoms with Crippen LogP contribution in [0.5, 0.6) is 0 Å². The van der Waals surface area contributed by atoms with E-state index in [1.807, 2.05) is 12.2 Å². The first-order chi connectivity index (χ1) is 6.93. The molecule has 15 heavy (non-hydrogen) atoms. The topological polar surface area (TPSA) is 0 Å². The average molecular weight is 184 g/mol. The summed E-state index contributed by atoms with van der Waals surface area (Å²) in [5, 5.41) is 0. The molecule has 0 aliphatic heterocycles. The van der Waals surface area contributed by atoms with Gasteiger partial charge in [0, 0.05) is 0 Å². The Hall–Kier alpha value is -1.31. The normalized spacial score (nSPS) is 15.2. The summed E-state index contributed by atoms with van der Waals surface area (Å²) in [6.45, 7) is 0. The van der Waals surface area contributed by atoms with Crippen molar-refractivity contribution >= 4 is 6.08 Å². The van der Waals surface area contributed by atoms with Gasteiger partial charge in [0.25, 0.3) is 0 Å². The van der Waals surface area contributed by atoms with Crippen molar-refractivity contribution in [2.45, 2.75) is 0 Å². The van der Waals surface area contributed by atoms with Crippen LogP contribution in [-0.4, -0.2) is 0 Å². The van der Waals surface area contributed by atoms with Gasteiger partial charge in [0.2, 0.25) is 0 Å². The SMILES string of the molecule is C1=CC=C2[CH-]c3ccccc3C=C2C=1.[Li+]. The molecule has 1 aromatic carbocycles. The van der Waals surface area contributed by atoms with Crippen molar-refractivity contribution in [1.29, 1.82) is 0 Å². The van der Waals surface area contributed by atoms with E-state index in [4.69, 9.17) is 0 Å². The van der Waals surface area contributed by atoms with E-state index in [1.54, 1.807) is 0 Å². The predicted molar refractivity (Wildman–Crippen MR) is 58.6 cm³/mol. The van der Waals surface area contributed by atoms with Gasteiger partial charge in [-0.15, -0.1) is 41.5 Å². The van der Waals surface area contributed by atoms with E-state index >= 15 is 0 Å². The van der Waals surface area contributed by atoms with Crippen LogP contribution in [0.15, 0.2) is 59.4 Å². The second-order valence-corrected chi connectivity index (χ2v) is 3.47. The van der Waals surface area contributed by atoms with Gasteiger partial charge >= 0.3 is 18.9 Å². The summed E-state index contributed by atoms with van der Waals surface area (Å²) in [4.78, 5) is 0. The number of fused-ring (bicyclic) bond motifs is 2. The summed E-state index contributed by atoms with van der Waals surface area (Å²) < 4.78 is 0. The summed E-state index contributed by atoms with van der Waals surface area (Å²) in [6.07, 6.45) is 10.5. The molecule has 0 aromatic heterocycles. The van der Waals surface area contributed by atoms with Crippen molar-refractivity contribution in [2.75, 3.05) is 0 Å². The summed E-state index contributed by atoms with van der Waals surface area (Å²) in [7, 11) is 0. The maximum Gasteiger partial charge on any atom is 1.00 e. The zero-order valence-corrected chi connectivity index (χ0v) is 8.70. The summed E-state index contributed by atoms with van der Waals surface area (Å²) in [6, 6.07) is 8.43. The van der Waals surface area contributed by atoms with Crippen molar-refractivity contribution in [1.82, 2.24) is 0 Å². The standard InChI is InChI=1S/C14H9.Li/c1-2-6-12-10-14-8-4-3-7-13(14)9-11(12)5-1;/h1-3,5-10H;/q-1;+1. The number of hydrogen-bond acceptors (Lipinski definition) is 0. The van der Waals surface area contributed by atoms with Gasteiger partial charge in [0.15, 0.2) is 0 Å². The number of rotatable bonds is 0. The summed E-state index contributed by atoms with van der Waals surface area (Å²) >= 11 is 0. The first-order valence-electron chi connectivity index (χ1n) is 4.72. The van der Waals surface area contributed by atoms with Gasteiger partial charge in [-0.3, -0.25) is 0 Å². The molecule has 0 heterocycles. The Morgan fingerprint density at radius 1 is 1.13 bits per heavy atom. The van der Waals surface area contributed by atoms with Gasteiger partial charge < -0.3 is 0 Å². The minimum absolute atomic E-state index is 0. The van der Waals surface area contributed by atoms with E-state index in [0.29, 0.717) is 0 Å². The molecule has 0 radical (unpaired) electrons. The van der Waals surface area contributed by atoms with E-state index in [0.717, 1.165) is 0 Å². The minimum atomic E-state index is 0. The Morgan fingerprint density at radius 2 is 2.00 bits per heavy atom. The molecular formula is C14H9Li. The van der Waals surface area contributed by atoms with E-state index in [2.05, 4.69) is 48.6 Å². The van der Waals surface area contributed by atoms with Gasteiger partial charge in [0.1, 0.15) is 0 Å². The molecule has 0 amide bonds. The van der Waals surface area contributed by atoms with E-state index in [9.17, 15) is 0 Å². The van der Waals surface area contributed by atoms with Crippen LogP contribution in [0.1, 0.15) is 11.1 Å². The van der Waals surface area contributed by atoms with Crippen molar-refractivity contribution in [3.63, 3.8) is 0 Å². The van der Waals surface area contributed by atoms with E-state index < -0.39 is 0 Å². The van der Waals surface area contributed by atoms with Gasteiger partial charge in [-0.05, 0) is 6.08 Å². The molecular weight excluding hydrogens is 175 g/mol. The molecule has 0 bridgehead atoms. The van der Waals surface area contributed by atoms with E-state index in [1.165, 1.54) is 22.3 Å². The molecule has 1 aromatic rings. The fourth-order valence-electron chi connectivity index (χ4n) is 1.82. The first kappa shape index (κ1) is 10.2. The molecule has 0 fully saturated rings. The largest absolute Gasteiger partial charge is 1.00 e. The van der Waals surface area contributed by atoms with Gasteiger partial charge in [-0.2, -0.15) is 0 Å². The molecule has 2 aliphatic carbocycles. The molecule has 0 saturated carbocycles. The predicted octanol–water partition coefficient (Wildman–Crippen LogP) is 0.291. The Morgan fingerprint density at radius 3 is 2.93 bits per heavy atom. The summed E-state index contributed by atoms with van der Waals surface area (Å²) in [5.74, 6) is 0. The third-order valence-corrected chi connectivity index (χ3v) is 2.55. The third-order valence-electron chi connectivity index (χ3n) is 2.55. The molecule has 0 nitrogen and oxygen atoms in total. The van der Waals surface area contributed by atoms with Crippen LogP contribution in [-0.2, 0) is 0 Å². The average Bonchev–Trinajstić information content (AvgIpc) is 2.26. The molecule has 0 spiro atoms. The Labute approximate surface area is 102 Å². The second kappa shape index (κ2) is 4.05. The number of hydrogen-bond donors (Lipinski definition) is 0. The zero-order valence-electron chi connectivity index (χ0n) is 8.70. The Balaban J connectivity index is 0.000000853. The van der Waals surface area contributed by atoms with Crippen LogP contribution in [0.25, 0.3) is 6.08 Å². The fraction of sp³-hybridized carbons (Fsp3) is 0. The van der Waals surface area contributed by atoms with Crippen LogP contribution >= 0.6 is 0 Å². The quantitative estimate of drug-likeness (QED) is 0.309. The van der Waals surface area contributed by atoms with E-state index in [-0.39, 0.29) is 18.9 Å². The van der Waals surface area contributed by atoms with Crippen LogP contribution in [0.2, 0.25) is 0 Å². The van der Waals surface area contributed by atoms with Gasteiger partial charge in [-0.25, -0.2) is 0 Å². The monoisotopic (exact) mass is 184 g/mol. The zero-order chi connectivity index (χ0) is 9.38. The molecule has 2 aliphatic rings. The minimum Gasteiger partial charge on any atom is -0.136 e. The van der Waals surface area contributed by atoms with Gasteiger partial charge in [-0.1, -0.05) is 35.4 Å². The molecule has 0 atom stereocenters. The second-order valence-electron chi connectivity index (χ2n) is 3.47. The fourth-order valence-corrected chi connectivity index (χ4v) is 1.82. The molecule has 3 rings (SSSR count). The van der Waals surface area contributed by atoms with Crippen molar-refractivity contribution < 1.29 is 18.9 Å². The molecule has 0 N–H and O–H groups in total. The Bertz CT molecular complexity index is 512. The molecule has 0 unspecified atom stereocenters. The van der Waals surface area contributed by atoms with Crippen molar-refractivity contribution in [3.05, 3.63) is 76.9 Å². The third kappa shape index (κ3) is 1.76. The van der Waals surface area contributed by atoms with Crippen LogP contribution in [0, 0.1) is 6.42 Å². The Kier molecular flexibility index (Phi) is 2.76. The van der Waals surface area contributed by atoms with Crippen LogP contribution < -0.4 is 18.9 Å². The van der Waals surface area contributed by atoms with Crippen LogP contribution in [0.3, 0.4) is 0 Å². The first-order valence-corrected chi connectivity index (χ1v) is 4.72. The molecule has 0 saturated heterocycles. The smallest absolute Gasteiger partial charge is 0.136 e. The summed E-state index contributed by atoms with van der Waals surface area (Å²) in [5.41, 5.74) is 8.22. The maximum absolute atomic E-state index is 3.10. The maximum atomic E-state index is 3.10. The van der Waals surface area contributed by atoms with Crippen molar-refractivity contribution in [3.8, 4) is 0 Å². The molecule has 66 valence electrons. The van der Waals surface area contributed by atoms with Crippen molar-refractivity contribution in [2.24, 2.45) is 0 Å². The molecule has 1 heteroatoms.